The number of esters is 2. The third-order valence-corrected chi connectivity index (χ3v) is 101. The van der Waals surface area contributed by atoms with Crippen molar-refractivity contribution in [1.29, 1.82) is 0 Å². The third-order valence-electron chi connectivity index (χ3n) is 21.1. The van der Waals surface area contributed by atoms with Crippen molar-refractivity contribution in [2.75, 3.05) is 13.2 Å². The number of hydrogen-bond donors (Lipinski definition) is 0. The first-order valence-electron chi connectivity index (χ1n) is 44.5. The summed E-state index contributed by atoms with van der Waals surface area (Å²) >= 11 is 0. The van der Waals surface area contributed by atoms with Gasteiger partial charge in [-0.05, 0) is 129 Å². The summed E-state index contributed by atoms with van der Waals surface area (Å²) in [6.07, 6.45) is 0.880. The number of carbonyl (C=O) groups excluding carboxylic acids is 2. The van der Waals surface area contributed by atoms with Crippen LogP contribution in [0.2, 0.25) is 96.7 Å². The molecule has 0 amide bonds. The molecule has 12 rings (SSSR count). The lowest BCUT2D eigenvalue weighted by Gasteiger charge is -2.64. The zero-order chi connectivity index (χ0) is 86.2. The minimum Gasteiger partial charge on any atom is -0.465 e. The highest BCUT2D eigenvalue weighted by Gasteiger charge is 2.86. The Labute approximate surface area is 716 Å². The second kappa shape index (κ2) is 36.8. The Kier molecular flexibility index (Phi) is 31.6. The summed E-state index contributed by atoms with van der Waals surface area (Å²) in [5.74, 6) is -0.990. The van der Waals surface area contributed by atoms with Gasteiger partial charge >= 0.3 is 153 Å². The molecule has 12 aliphatic rings. The SMILES string of the molecule is CCC(C)(CC(C)(C)C(=O)OCCC[Si]12O[Si]3(CC(C)C)O[Si]4(CC(C)C)O[Si](CC(C)C)(O1)O[Si]1(CC(C)C)O[Si](CC(C)C)(O2)O[Si](CC(C)C)(O3)O[Si](CC(C)C)(O4)O1)C(=O)OCCC[Si]12O[Si]3(CC(C)C)O[Si]4(CC(C)C)O[Si](CC(C)C)(O1)O[Si]1(CC(C)C)O[Si](CC(C)C)(O2)O[Si](CC(C)C)(O3)O[Si](CC(C)C)(O4)O1. The summed E-state index contributed by atoms with van der Waals surface area (Å²) in [5, 5.41) is 0. The standard InChI is InChI=1S/C72H154O28Si16/c1-33-72(32,70(74)76-37-35-39-102-80-106(43-58(8)9)89-112(49-64(20)21)91-107(81-102,44-59(10)11)93-114(51-66(24)25)94-108(82-102,45-60(12)13)92-113(90-106,50-65(22)23)99-116(98-112,100-114)53-68(28)29)54-71(30,31)69(73)75-36-34-38-101-77-103(40-55(2)3)83-109(46-61(14)15)85-104(78-101,41-56(4)5)87-111(48-63(18)19)88-105(79-101,42-57(6)7)86-110(84-103,47-62(16)17)96-115(95-109,97-111)52-67(26)27/h55-68H,33-54H2,1-32H3. The van der Waals surface area contributed by atoms with Crippen molar-refractivity contribution in [3.8, 4) is 0 Å². The fourth-order valence-electron chi connectivity index (χ4n) is 18.4. The highest BCUT2D eigenvalue weighted by atomic mass is 28.6. The molecule has 12 heterocycles. The van der Waals surface area contributed by atoms with Gasteiger partial charge in [-0.25, -0.2) is 0 Å². The molecule has 0 radical (unpaired) electrons. The topological polar surface area (TPSA) is 274 Å². The molecular weight excluding hydrogens is 1760 g/mol. The minimum atomic E-state index is -4.40. The van der Waals surface area contributed by atoms with Gasteiger partial charge in [-0.3, -0.25) is 9.59 Å². The number of hydrogen-bond acceptors (Lipinski definition) is 28. The molecule has 0 aliphatic carbocycles. The predicted molar refractivity (Wildman–Crippen MR) is 471 cm³/mol. The largest absolute Gasteiger partial charge is 0.479 e. The van der Waals surface area contributed by atoms with Crippen molar-refractivity contribution in [2.24, 2.45) is 93.7 Å². The maximum absolute atomic E-state index is 15.2. The minimum absolute atomic E-state index is 0.0117. The number of rotatable bonds is 41. The van der Waals surface area contributed by atoms with Crippen LogP contribution in [0.4, 0.5) is 0 Å². The molecule has 0 saturated carbocycles. The second-order valence-corrected chi connectivity index (χ2v) is 90.4. The normalized spacial score (nSPS) is 39.5. The molecular formula is C72H154O28Si16. The molecule has 12 saturated heterocycles. The predicted octanol–water partition coefficient (Wildman–Crippen LogP) is 18.4. The molecule has 674 valence electrons. The van der Waals surface area contributed by atoms with Gasteiger partial charge < -0.3 is 108 Å². The van der Waals surface area contributed by atoms with Crippen LogP contribution in [0.1, 0.15) is 247 Å². The lowest BCUT2D eigenvalue weighted by atomic mass is 9.72. The zero-order valence-electron chi connectivity index (χ0n) is 77.1. The van der Waals surface area contributed by atoms with Gasteiger partial charge in [0.1, 0.15) is 0 Å². The van der Waals surface area contributed by atoms with Gasteiger partial charge in [-0.2, -0.15) is 0 Å². The molecule has 0 aromatic carbocycles. The molecule has 16 bridgehead atoms. The highest BCUT2D eigenvalue weighted by molar-refractivity contribution is 7.05. The summed E-state index contributed by atoms with van der Waals surface area (Å²) in [6, 6.07) is 5.39. The molecule has 1 atom stereocenters. The van der Waals surface area contributed by atoms with Crippen LogP contribution in [0.3, 0.4) is 0 Å². The van der Waals surface area contributed by atoms with Gasteiger partial charge in [-0.15, -0.1) is 0 Å². The molecule has 0 aromatic heterocycles. The van der Waals surface area contributed by atoms with Crippen LogP contribution in [-0.2, 0) is 118 Å². The Morgan fingerprint density at radius 3 is 0.483 bits per heavy atom. The smallest absolute Gasteiger partial charge is 0.465 e. The molecule has 0 aromatic rings. The second-order valence-electron chi connectivity index (χ2n) is 42.2. The average Bonchev–Trinajstić information content (AvgIpc) is 0.689. The van der Waals surface area contributed by atoms with Gasteiger partial charge in [0.05, 0.1) is 24.0 Å². The summed E-state index contributed by atoms with van der Waals surface area (Å²) in [7, 11) is -67.3. The van der Waals surface area contributed by atoms with Gasteiger partial charge in [0, 0.05) is 96.7 Å². The molecule has 0 spiro atoms. The first-order chi connectivity index (χ1) is 53.3. The molecule has 116 heavy (non-hydrogen) atoms. The third kappa shape index (κ3) is 23.7. The van der Waals surface area contributed by atoms with E-state index in [1.807, 2.05) is 27.7 Å². The van der Waals surface area contributed by atoms with Crippen molar-refractivity contribution in [1.82, 2.24) is 0 Å². The first-order valence-corrected chi connectivity index (χ1v) is 75.4. The van der Waals surface area contributed by atoms with Crippen LogP contribution in [0.25, 0.3) is 0 Å². The monoisotopic (exact) mass is 1910 g/mol. The Morgan fingerprint density at radius 2 is 0.353 bits per heavy atom. The van der Waals surface area contributed by atoms with Crippen LogP contribution in [0.15, 0.2) is 0 Å². The summed E-state index contributed by atoms with van der Waals surface area (Å²) in [5.41, 5.74) is -2.37. The van der Waals surface area contributed by atoms with Gasteiger partial charge in [0.2, 0.25) is 0 Å². The van der Waals surface area contributed by atoms with E-state index in [2.05, 4.69) is 194 Å². The van der Waals surface area contributed by atoms with Crippen molar-refractivity contribution in [3.63, 3.8) is 0 Å². The van der Waals surface area contributed by atoms with Crippen molar-refractivity contribution < 1.29 is 118 Å². The van der Waals surface area contributed by atoms with Gasteiger partial charge in [0.25, 0.3) is 0 Å². The van der Waals surface area contributed by atoms with E-state index >= 15 is 9.59 Å². The van der Waals surface area contributed by atoms with Gasteiger partial charge in [0.15, 0.2) is 0 Å². The van der Waals surface area contributed by atoms with E-state index in [1.165, 1.54) is 0 Å². The zero-order valence-corrected chi connectivity index (χ0v) is 93.1. The molecule has 12 aliphatic heterocycles. The fraction of sp³-hybridized carbons (Fsp3) is 0.972. The van der Waals surface area contributed by atoms with Crippen molar-refractivity contribution in [2.45, 2.75) is 344 Å². The summed E-state index contributed by atoms with van der Waals surface area (Å²) < 4.78 is 204. The van der Waals surface area contributed by atoms with E-state index in [4.69, 9.17) is 108 Å². The van der Waals surface area contributed by atoms with Crippen LogP contribution >= 0.6 is 0 Å². The summed E-state index contributed by atoms with van der Waals surface area (Å²) in [6.45, 7) is 67.1. The Hall–Kier alpha value is 1.45. The lowest BCUT2D eigenvalue weighted by molar-refractivity contribution is -0.163. The molecule has 44 heteroatoms. The van der Waals surface area contributed by atoms with Crippen molar-refractivity contribution in [3.05, 3.63) is 0 Å². The Balaban J connectivity index is 0.959. The van der Waals surface area contributed by atoms with E-state index in [0.717, 1.165) is 0 Å². The number of ether oxygens (including phenoxy) is 2. The Morgan fingerprint density at radius 1 is 0.224 bits per heavy atom. The number of carbonyl (C=O) groups is 2. The molecule has 0 N–H and O–H groups in total. The van der Waals surface area contributed by atoms with E-state index in [0.29, 0.717) is 91.0 Å². The van der Waals surface area contributed by atoms with Crippen LogP contribution in [-0.4, -0.2) is 166 Å². The first kappa shape index (κ1) is 99.6. The van der Waals surface area contributed by atoms with Crippen LogP contribution < -0.4 is 0 Å². The molecule has 28 nitrogen and oxygen atoms in total. The van der Waals surface area contributed by atoms with Crippen molar-refractivity contribution >= 4 is 153 Å². The fourth-order valence-corrected chi connectivity index (χ4v) is 122. The van der Waals surface area contributed by atoms with E-state index in [-0.39, 0.29) is 127 Å². The molecule has 1 unspecified atom stereocenters. The average molecular weight is 1920 g/mol. The maximum atomic E-state index is 15.2. The van der Waals surface area contributed by atoms with Crippen LogP contribution in [0, 0.1) is 93.7 Å². The van der Waals surface area contributed by atoms with E-state index in [1.54, 1.807) is 0 Å². The van der Waals surface area contributed by atoms with Gasteiger partial charge in [-0.1, -0.05) is 201 Å². The van der Waals surface area contributed by atoms with E-state index in [9.17, 15) is 0 Å². The Bertz CT molecular complexity index is 3030. The molecule has 12 fully saturated rings. The quantitative estimate of drug-likeness (QED) is 0.0312. The lowest BCUT2D eigenvalue weighted by Crippen LogP contribution is -2.88. The van der Waals surface area contributed by atoms with E-state index < -0.39 is 164 Å². The summed E-state index contributed by atoms with van der Waals surface area (Å²) in [4.78, 5) is 30.3. The maximum Gasteiger partial charge on any atom is 0.479 e. The van der Waals surface area contributed by atoms with Crippen LogP contribution in [0.5, 0.6) is 0 Å². The highest BCUT2D eigenvalue weighted by Crippen LogP contribution is 2.60.